The predicted molar refractivity (Wildman–Crippen MR) is 72.5 cm³/mol. The van der Waals surface area contributed by atoms with Gasteiger partial charge in [0, 0.05) is 13.1 Å². The Kier molecular flexibility index (Phi) is 6.27. The van der Waals surface area contributed by atoms with Gasteiger partial charge in [-0.2, -0.15) is 0 Å². The van der Waals surface area contributed by atoms with Crippen molar-refractivity contribution in [3.63, 3.8) is 0 Å². The highest BCUT2D eigenvalue weighted by molar-refractivity contribution is 5.75. The third-order valence-electron chi connectivity index (χ3n) is 2.55. The van der Waals surface area contributed by atoms with Crippen LogP contribution in [0.2, 0.25) is 0 Å². The molecule has 0 fully saturated rings. The molecule has 6 nitrogen and oxygen atoms in total. The molecular weight excluding hydrogens is 246 g/mol. The molecule has 0 saturated heterocycles. The molecule has 1 unspecified atom stereocenters. The van der Waals surface area contributed by atoms with Crippen LogP contribution in [-0.4, -0.2) is 48.8 Å². The van der Waals surface area contributed by atoms with Crippen LogP contribution in [0.25, 0.3) is 0 Å². The van der Waals surface area contributed by atoms with Gasteiger partial charge >= 0.3 is 0 Å². The molecule has 0 radical (unpaired) electrons. The lowest BCUT2D eigenvalue weighted by Crippen LogP contribution is -2.38. The van der Waals surface area contributed by atoms with Gasteiger partial charge in [0.2, 0.25) is 5.91 Å². The standard InChI is InChI=1S/C13H21N3O3/c1-16(8-13(15)18)7-11(17)9-19-12-4-2-10(6-14)3-5-12/h2-5,11,17H,6-9,14H2,1H3,(H2,15,18). The second-order valence-electron chi connectivity index (χ2n) is 4.48. The van der Waals surface area contributed by atoms with Crippen molar-refractivity contribution in [2.45, 2.75) is 12.6 Å². The van der Waals surface area contributed by atoms with Gasteiger partial charge in [-0.3, -0.25) is 9.69 Å². The van der Waals surface area contributed by atoms with E-state index in [9.17, 15) is 9.90 Å². The summed E-state index contributed by atoms with van der Waals surface area (Å²) in [7, 11) is 1.71. The number of primary amides is 1. The minimum absolute atomic E-state index is 0.113. The van der Waals surface area contributed by atoms with Crippen LogP contribution in [0.5, 0.6) is 5.75 Å². The molecule has 6 heteroatoms. The molecule has 19 heavy (non-hydrogen) atoms. The van der Waals surface area contributed by atoms with Crippen molar-refractivity contribution in [1.29, 1.82) is 0 Å². The monoisotopic (exact) mass is 267 g/mol. The summed E-state index contributed by atoms with van der Waals surface area (Å²) < 4.78 is 5.44. The van der Waals surface area contributed by atoms with E-state index in [2.05, 4.69) is 0 Å². The van der Waals surface area contributed by atoms with Crippen LogP contribution >= 0.6 is 0 Å². The Balaban J connectivity index is 2.32. The van der Waals surface area contributed by atoms with E-state index >= 15 is 0 Å². The first-order chi connectivity index (χ1) is 9.01. The smallest absolute Gasteiger partial charge is 0.231 e. The zero-order chi connectivity index (χ0) is 14.3. The van der Waals surface area contributed by atoms with Crippen LogP contribution in [0.4, 0.5) is 0 Å². The molecule has 1 amide bonds. The van der Waals surface area contributed by atoms with Gasteiger partial charge in [0.25, 0.3) is 0 Å². The first-order valence-corrected chi connectivity index (χ1v) is 6.08. The highest BCUT2D eigenvalue weighted by atomic mass is 16.5. The normalized spacial score (nSPS) is 12.4. The van der Waals surface area contributed by atoms with Crippen molar-refractivity contribution >= 4 is 5.91 Å². The molecular formula is C13H21N3O3. The fourth-order valence-electron chi connectivity index (χ4n) is 1.66. The number of ether oxygens (including phenoxy) is 1. The zero-order valence-corrected chi connectivity index (χ0v) is 11.1. The Hall–Kier alpha value is -1.63. The number of aliphatic hydroxyl groups excluding tert-OH is 1. The van der Waals surface area contributed by atoms with Crippen LogP contribution in [0.3, 0.4) is 0 Å². The van der Waals surface area contributed by atoms with E-state index < -0.39 is 12.0 Å². The maximum atomic E-state index is 10.7. The maximum Gasteiger partial charge on any atom is 0.231 e. The van der Waals surface area contributed by atoms with Gasteiger partial charge < -0.3 is 21.3 Å². The summed E-state index contributed by atoms with van der Waals surface area (Å²) in [5, 5.41) is 9.76. The summed E-state index contributed by atoms with van der Waals surface area (Å²) in [6, 6.07) is 7.37. The molecule has 5 N–H and O–H groups in total. The SMILES string of the molecule is CN(CC(N)=O)CC(O)COc1ccc(CN)cc1. The number of hydrogen-bond donors (Lipinski definition) is 3. The number of aliphatic hydroxyl groups is 1. The van der Waals surface area contributed by atoms with Crippen molar-refractivity contribution in [3.05, 3.63) is 29.8 Å². The van der Waals surface area contributed by atoms with Crippen molar-refractivity contribution in [2.75, 3.05) is 26.7 Å². The van der Waals surface area contributed by atoms with Crippen LogP contribution < -0.4 is 16.2 Å². The van der Waals surface area contributed by atoms with Crippen molar-refractivity contribution in [1.82, 2.24) is 4.90 Å². The highest BCUT2D eigenvalue weighted by Gasteiger charge is 2.10. The average molecular weight is 267 g/mol. The molecule has 1 atom stereocenters. The number of rotatable bonds is 8. The zero-order valence-electron chi connectivity index (χ0n) is 11.1. The van der Waals surface area contributed by atoms with E-state index in [1.165, 1.54) is 0 Å². The third-order valence-corrected chi connectivity index (χ3v) is 2.55. The molecule has 1 aromatic rings. The van der Waals surface area contributed by atoms with Crippen LogP contribution in [0.1, 0.15) is 5.56 Å². The molecule has 0 saturated carbocycles. The minimum Gasteiger partial charge on any atom is -0.491 e. The number of carbonyl (C=O) groups is 1. The van der Waals surface area contributed by atoms with Gasteiger partial charge in [-0.05, 0) is 24.7 Å². The largest absolute Gasteiger partial charge is 0.491 e. The molecule has 106 valence electrons. The van der Waals surface area contributed by atoms with E-state index in [1.807, 2.05) is 24.3 Å². The summed E-state index contributed by atoms with van der Waals surface area (Å²) in [4.78, 5) is 12.3. The summed E-state index contributed by atoms with van der Waals surface area (Å²) in [5.74, 6) is 0.252. The second kappa shape index (κ2) is 7.73. The van der Waals surface area contributed by atoms with Crippen LogP contribution in [0.15, 0.2) is 24.3 Å². The van der Waals surface area contributed by atoms with Gasteiger partial charge in [-0.25, -0.2) is 0 Å². The molecule has 0 heterocycles. The molecule has 0 aliphatic heterocycles. The molecule has 0 aliphatic rings. The first kappa shape index (κ1) is 15.4. The van der Waals surface area contributed by atoms with Crippen molar-refractivity contribution in [2.24, 2.45) is 11.5 Å². The Morgan fingerprint density at radius 1 is 1.42 bits per heavy atom. The second-order valence-corrected chi connectivity index (χ2v) is 4.48. The molecule has 0 aliphatic carbocycles. The van der Waals surface area contributed by atoms with Gasteiger partial charge in [0.15, 0.2) is 0 Å². The summed E-state index contributed by atoms with van der Waals surface area (Å²) >= 11 is 0. The number of benzene rings is 1. The molecule has 1 rings (SSSR count). The fraction of sp³-hybridized carbons (Fsp3) is 0.462. The van der Waals surface area contributed by atoms with Gasteiger partial charge in [-0.15, -0.1) is 0 Å². The van der Waals surface area contributed by atoms with E-state index in [-0.39, 0.29) is 13.2 Å². The molecule has 0 spiro atoms. The van der Waals surface area contributed by atoms with E-state index in [0.29, 0.717) is 18.8 Å². The van der Waals surface area contributed by atoms with E-state index in [4.69, 9.17) is 16.2 Å². The van der Waals surface area contributed by atoms with Gasteiger partial charge in [0.1, 0.15) is 18.5 Å². The number of amides is 1. The third kappa shape index (κ3) is 6.19. The lowest BCUT2D eigenvalue weighted by molar-refractivity contribution is -0.119. The number of likely N-dealkylation sites (N-methyl/N-ethyl adjacent to an activating group) is 1. The van der Waals surface area contributed by atoms with E-state index in [0.717, 1.165) is 5.56 Å². The number of hydrogen-bond acceptors (Lipinski definition) is 5. The Morgan fingerprint density at radius 2 is 2.05 bits per heavy atom. The van der Waals surface area contributed by atoms with Crippen molar-refractivity contribution in [3.8, 4) is 5.75 Å². The maximum absolute atomic E-state index is 10.7. The van der Waals surface area contributed by atoms with Crippen LogP contribution in [-0.2, 0) is 11.3 Å². The predicted octanol–water partition coefficient (Wildman–Crippen LogP) is -0.698. The number of nitrogens with two attached hydrogens (primary N) is 2. The Labute approximate surface area is 112 Å². The lowest BCUT2D eigenvalue weighted by Gasteiger charge is -2.19. The topological polar surface area (TPSA) is 102 Å². The van der Waals surface area contributed by atoms with Gasteiger partial charge in [0.05, 0.1) is 6.54 Å². The summed E-state index contributed by atoms with van der Waals surface area (Å²) in [6.07, 6.45) is -0.682. The summed E-state index contributed by atoms with van der Waals surface area (Å²) in [5.41, 5.74) is 11.6. The number of nitrogens with zero attached hydrogens (tertiary/aromatic N) is 1. The van der Waals surface area contributed by atoms with Crippen molar-refractivity contribution < 1.29 is 14.6 Å². The fourth-order valence-corrected chi connectivity index (χ4v) is 1.66. The van der Waals surface area contributed by atoms with E-state index in [1.54, 1.807) is 11.9 Å². The minimum atomic E-state index is -0.682. The highest BCUT2D eigenvalue weighted by Crippen LogP contribution is 2.12. The average Bonchev–Trinajstić information content (AvgIpc) is 2.36. The Bertz CT molecular complexity index is 395. The molecule has 0 aromatic heterocycles. The summed E-state index contributed by atoms with van der Waals surface area (Å²) in [6.45, 7) is 1.08. The number of carbonyl (C=O) groups excluding carboxylic acids is 1. The first-order valence-electron chi connectivity index (χ1n) is 6.08. The quantitative estimate of drug-likeness (QED) is 0.578. The van der Waals surface area contributed by atoms with Gasteiger partial charge in [-0.1, -0.05) is 12.1 Å². The molecule has 0 bridgehead atoms. The van der Waals surface area contributed by atoms with Crippen LogP contribution in [0, 0.1) is 0 Å². The molecule has 1 aromatic carbocycles. The lowest BCUT2D eigenvalue weighted by atomic mass is 10.2. The Morgan fingerprint density at radius 3 is 2.58 bits per heavy atom.